The van der Waals surface area contributed by atoms with Gasteiger partial charge in [-0.15, -0.1) is 0 Å². The summed E-state index contributed by atoms with van der Waals surface area (Å²) in [4.78, 5) is 12.5. The van der Waals surface area contributed by atoms with E-state index in [9.17, 15) is 15.0 Å². The molecule has 4 heteroatoms. The van der Waals surface area contributed by atoms with Crippen molar-refractivity contribution in [1.82, 2.24) is 5.32 Å². The van der Waals surface area contributed by atoms with Crippen molar-refractivity contribution in [2.75, 3.05) is 6.61 Å². The lowest BCUT2D eigenvalue weighted by Gasteiger charge is -2.20. The van der Waals surface area contributed by atoms with Gasteiger partial charge in [-0.1, -0.05) is 334 Å². The van der Waals surface area contributed by atoms with Gasteiger partial charge in [-0.25, -0.2) is 0 Å². The molecule has 0 fully saturated rings. The number of rotatable bonds is 59. The maximum Gasteiger partial charge on any atom is 0.220 e. The lowest BCUT2D eigenvalue weighted by atomic mass is 10.0. The summed E-state index contributed by atoms with van der Waals surface area (Å²) in [5.74, 6) is -0.0567. The molecule has 0 heterocycles. The molecule has 0 aliphatic rings. The fourth-order valence-electron chi connectivity index (χ4n) is 10.1. The zero-order chi connectivity index (χ0) is 49.2. The van der Waals surface area contributed by atoms with Crippen LogP contribution in [0.15, 0.2) is 24.3 Å². The van der Waals surface area contributed by atoms with Crippen LogP contribution in [-0.2, 0) is 4.79 Å². The summed E-state index contributed by atoms with van der Waals surface area (Å²) >= 11 is 0. The van der Waals surface area contributed by atoms with Gasteiger partial charge < -0.3 is 15.5 Å². The Hall–Kier alpha value is -1.13. The van der Waals surface area contributed by atoms with E-state index < -0.39 is 12.1 Å². The van der Waals surface area contributed by atoms with E-state index in [2.05, 4.69) is 31.3 Å². The van der Waals surface area contributed by atoms with Gasteiger partial charge in [0.25, 0.3) is 0 Å². The van der Waals surface area contributed by atoms with Gasteiger partial charge >= 0.3 is 0 Å². The third kappa shape index (κ3) is 55.8. The maximum atomic E-state index is 12.5. The minimum absolute atomic E-state index is 0.0567. The summed E-state index contributed by atoms with van der Waals surface area (Å²) in [6, 6.07) is -0.618. The Labute approximate surface area is 428 Å². The molecule has 2 atom stereocenters. The van der Waals surface area contributed by atoms with Gasteiger partial charge in [0, 0.05) is 6.42 Å². The Balaban J connectivity index is 3.35. The molecule has 0 bridgehead atoms. The molecule has 1 amide bonds. The monoisotopic (exact) mass is 956 g/mol. The number of amides is 1. The predicted octanol–water partition coefficient (Wildman–Crippen LogP) is 21.0. The van der Waals surface area contributed by atoms with Crippen molar-refractivity contribution >= 4 is 5.91 Å². The second-order valence-corrected chi connectivity index (χ2v) is 21.8. The van der Waals surface area contributed by atoms with Gasteiger partial charge in [0.15, 0.2) is 0 Å². The van der Waals surface area contributed by atoms with E-state index in [1.54, 1.807) is 6.08 Å². The van der Waals surface area contributed by atoms with E-state index in [1.165, 1.54) is 315 Å². The zero-order valence-corrected chi connectivity index (χ0v) is 46.7. The molecule has 0 spiro atoms. The van der Waals surface area contributed by atoms with Gasteiger partial charge in [-0.05, 0) is 44.9 Å². The number of hydrogen-bond donors (Lipinski definition) is 3. The Bertz CT molecular complexity index is 994. The molecule has 0 radical (unpaired) electrons. The highest BCUT2D eigenvalue weighted by atomic mass is 16.3. The molecule has 0 aromatic rings. The minimum Gasteiger partial charge on any atom is -0.394 e. The lowest BCUT2D eigenvalue weighted by Crippen LogP contribution is -2.45. The first-order valence-electron chi connectivity index (χ1n) is 31.6. The highest BCUT2D eigenvalue weighted by Crippen LogP contribution is 2.18. The number of aliphatic hydroxyl groups is 2. The fraction of sp³-hybridized carbons (Fsp3) is 0.922. The summed E-state index contributed by atoms with van der Waals surface area (Å²) in [5, 5.41) is 23.1. The van der Waals surface area contributed by atoms with E-state index in [4.69, 9.17) is 0 Å². The van der Waals surface area contributed by atoms with Crippen molar-refractivity contribution in [3.63, 3.8) is 0 Å². The van der Waals surface area contributed by atoms with Crippen LogP contribution in [0.4, 0.5) is 0 Å². The SMILES string of the molecule is CCCCCCCCCC/C=C\CCCCCCCCCCCCCCCCCCCCCCCCCCCCCCCC(=O)NC(CO)C(O)/C=C/CCCCCCCCCCCCCCC. The second-order valence-electron chi connectivity index (χ2n) is 21.8. The second kappa shape index (κ2) is 60.2. The first kappa shape index (κ1) is 66.9. The summed E-state index contributed by atoms with van der Waals surface area (Å²) in [7, 11) is 0. The third-order valence-corrected chi connectivity index (χ3v) is 14.9. The van der Waals surface area contributed by atoms with Gasteiger partial charge in [0.05, 0.1) is 18.8 Å². The number of nitrogens with one attached hydrogen (secondary N) is 1. The van der Waals surface area contributed by atoms with Gasteiger partial charge in [-0.2, -0.15) is 0 Å². The normalized spacial score (nSPS) is 12.8. The smallest absolute Gasteiger partial charge is 0.220 e. The molecule has 3 N–H and O–H groups in total. The molecule has 0 aromatic heterocycles. The predicted molar refractivity (Wildman–Crippen MR) is 304 cm³/mol. The summed E-state index contributed by atoms with van der Waals surface area (Å²) in [5.41, 5.74) is 0. The molecule has 0 aromatic carbocycles. The number of hydrogen-bond acceptors (Lipinski definition) is 3. The molecule has 4 nitrogen and oxygen atoms in total. The van der Waals surface area contributed by atoms with Crippen LogP contribution in [0, 0.1) is 0 Å². The highest BCUT2D eigenvalue weighted by Gasteiger charge is 2.18. The molecule has 0 rings (SSSR count). The van der Waals surface area contributed by atoms with Crippen LogP contribution >= 0.6 is 0 Å². The number of aliphatic hydroxyl groups excluding tert-OH is 2. The molecule has 404 valence electrons. The topological polar surface area (TPSA) is 69.6 Å². The van der Waals surface area contributed by atoms with Crippen molar-refractivity contribution in [2.24, 2.45) is 0 Å². The average molecular weight is 957 g/mol. The van der Waals surface area contributed by atoms with Crippen molar-refractivity contribution in [2.45, 2.75) is 373 Å². The standard InChI is InChI=1S/C64H125NO3/c1-3-5-7-9-11-13-15-17-19-20-21-22-23-24-25-26-27-28-29-30-31-32-33-34-35-36-37-38-39-40-41-42-43-44-46-48-50-52-54-56-58-60-64(68)65-62(61-66)63(67)59-57-55-53-51-49-47-45-18-16-14-12-10-8-6-4-2/h20-21,57,59,62-63,66-67H,3-19,22-56,58,60-61H2,1-2H3,(H,65,68)/b21-20-,59-57+. The first-order chi connectivity index (χ1) is 33.7. The van der Waals surface area contributed by atoms with Gasteiger partial charge in [-0.3, -0.25) is 4.79 Å². The summed E-state index contributed by atoms with van der Waals surface area (Å²) in [6.07, 6.45) is 81.1. The van der Waals surface area contributed by atoms with Crippen LogP contribution in [0.5, 0.6) is 0 Å². The van der Waals surface area contributed by atoms with Crippen molar-refractivity contribution in [3.05, 3.63) is 24.3 Å². The van der Waals surface area contributed by atoms with Gasteiger partial charge in [0.2, 0.25) is 5.91 Å². The van der Waals surface area contributed by atoms with E-state index in [1.807, 2.05) is 6.08 Å². The number of carbonyl (C=O) groups excluding carboxylic acids is 1. The van der Waals surface area contributed by atoms with E-state index >= 15 is 0 Å². The van der Waals surface area contributed by atoms with Gasteiger partial charge in [0.1, 0.15) is 0 Å². The molecule has 0 saturated heterocycles. The lowest BCUT2D eigenvalue weighted by molar-refractivity contribution is -0.123. The molecular formula is C64H125NO3. The molecule has 0 aliphatic heterocycles. The Kier molecular flexibility index (Phi) is 59.2. The van der Waals surface area contributed by atoms with E-state index in [0.717, 1.165) is 25.7 Å². The zero-order valence-electron chi connectivity index (χ0n) is 46.7. The highest BCUT2D eigenvalue weighted by molar-refractivity contribution is 5.76. The average Bonchev–Trinajstić information content (AvgIpc) is 3.34. The van der Waals surface area contributed by atoms with Crippen molar-refractivity contribution in [1.29, 1.82) is 0 Å². The molecule has 68 heavy (non-hydrogen) atoms. The maximum absolute atomic E-state index is 12.5. The largest absolute Gasteiger partial charge is 0.394 e. The number of unbranched alkanes of at least 4 members (excludes halogenated alkanes) is 50. The Morgan fingerprint density at radius 1 is 0.338 bits per heavy atom. The summed E-state index contributed by atoms with van der Waals surface area (Å²) < 4.78 is 0. The molecule has 2 unspecified atom stereocenters. The first-order valence-corrected chi connectivity index (χ1v) is 31.6. The van der Waals surface area contributed by atoms with Crippen LogP contribution in [0.25, 0.3) is 0 Å². The fourth-order valence-corrected chi connectivity index (χ4v) is 10.1. The van der Waals surface area contributed by atoms with Crippen molar-refractivity contribution < 1.29 is 15.0 Å². The van der Waals surface area contributed by atoms with Crippen LogP contribution < -0.4 is 5.32 Å². The van der Waals surface area contributed by atoms with E-state index in [0.29, 0.717) is 6.42 Å². The Morgan fingerprint density at radius 2 is 0.559 bits per heavy atom. The van der Waals surface area contributed by atoms with Crippen LogP contribution in [-0.4, -0.2) is 34.9 Å². The summed E-state index contributed by atoms with van der Waals surface area (Å²) in [6.45, 7) is 4.34. The number of carbonyl (C=O) groups is 1. The molecule has 0 saturated carbocycles. The van der Waals surface area contributed by atoms with Crippen molar-refractivity contribution in [3.8, 4) is 0 Å². The number of allylic oxidation sites excluding steroid dienone is 3. The van der Waals surface area contributed by atoms with Crippen LogP contribution in [0.2, 0.25) is 0 Å². The van der Waals surface area contributed by atoms with Crippen LogP contribution in [0.1, 0.15) is 361 Å². The third-order valence-electron chi connectivity index (χ3n) is 14.9. The van der Waals surface area contributed by atoms with Crippen LogP contribution in [0.3, 0.4) is 0 Å². The molecular weight excluding hydrogens is 831 g/mol. The molecule has 0 aliphatic carbocycles. The minimum atomic E-state index is -0.836. The Morgan fingerprint density at radius 3 is 0.809 bits per heavy atom. The quantitative estimate of drug-likeness (QED) is 0.0420. The van der Waals surface area contributed by atoms with E-state index in [-0.39, 0.29) is 12.5 Å².